The van der Waals surface area contributed by atoms with Crippen LogP contribution in [0.25, 0.3) is 0 Å². The van der Waals surface area contributed by atoms with E-state index in [1.54, 1.807) is 0 Å². The van der Waals surface area contributed by atoms with Gasteiger partial charge in [0, 0.05) is 0 Å². The molecule has 0 aliphatic carbocycles. The van der Waals surface area contributed by atoms with Crippen LogP contribution in [0.3, 0.4) is 0 Å². The van der Waals surface area contributed by atoms with Crippen molar-refractivity contribution < 1.29 is 8.78 Å². The highest BCUT2D eigenvalue weighted by Gasteiger charge is 2.14. The zero-order valence-corrected chi connectivity index (χ0v) is 11.0. The minimum Gasteiger partial charge on any atom is -0.204 e. The highest BCUT2D eigenvalue weighted by molar-refractivity contribution is 9.11. The third kappa shape index (κ3) is 2.44. The van der Waals surface area contributed by atoms with Crippen molar-refractivity contribution in [3.63, 3.8) is 0 Å². The number of thiophene rings is 1. The van der Waals surface area contributed by atoms with Gasteiger partial charge in [-0.15, -0.1) is 22.9 Å². The molecule has 1 aromatic carbocycles. The van der Waals surface area contributed by atoms with E-state index < -0.39 is 17.0 Å². The van der Waals surface area contributed by atoms with Gasteiger partial charge in [0.25, 0.3) is 0 Å². The zero-order valence-electron chi connectivity index (χ0n) is 7.88. The fourth-order valence-corrected chi connectivity index (χ4v) is 2.86. The highest BCUT2D eigenvalue weighted by Crippen LogP contribution is 2.34. The van der Waals surface area contributed by atoms with Crippen LogP contribution in [0.2, 0.25) is 0 Å². The second-order valence-electron chi connectivity index (χ2n) is 3.22. The Bertz CT molecular complexity index is 512. The molecule has 0 saturated carbocycles. The van der Waals surface area contributed by atoms with Gasteiger partial charge in [-0.1, -0.05) is 6.07 Å². The predicted octanol–water partition coefficient (Wildman–Crippen LogP) is 5.12. The summed E-state index contributed by atoms with van der Waals surface area (Å²) in [6.45, 7) is 0. The summed E-state index contributed by atoms with van der Waals surface area (Å²) < 4.78 is 26.7. The Morgan fingerprint density at radius 2 is 1.88 bits per heavy atom. The maximum atomic E-state index is 13.0. The van der Waals surface area contributed by atoms with Crippen LogP contribution in [0.4, 0.5) is 8.78 Å². The molecule has 0 N–H and O–H groups in total. The molecular weight excluding hydrogens is 318 g/mol. The maximum absolute atomic E-state index is 13.0. The van der Waals surface area contributed by atoms with Crippen molar-refractivity contribution in [3.05, 3.63) is 56.2 Å². The molecule has 2 rings (SSSR count). The summed E-state index contributed by atoms with van der Waals surface area (Å²) in [6, 6.07) is 5.56. The second kappa shape index (κ2) is 4.82. The van der Waals surface area contributed by atoms with Crippen LogP contribution in [0.5, 0.6) is 0 Å². The molecule has 1 aromatic heterocycles. The quantitative estimate of drug-likeness (QED) is 0.673. The molecule has 5 heteroatoms. The van der Waals surface area contributed by atoms with E-state index in [1.165, 1.54) is 17.4 Å². The summed E-state index contributed by atoms with van der Waals surface area (Å²) in [7, 11) is 0. The van der Waals surface area contributed by atoms with Crippen LogP contribution in [0.1, 0.15) is 16.5 Å². The van der Waals surface area contributed by atoms with E-state index in [0.717, 1.165) is 21.5 Å². The van der Waals surface area contributed by atoms with Crippen molar-refractivity contribution in [2.75, 3.05) is 0 Å². The van der Waals surface area contributed by atoms with E-state index in [2.05, 4.69) is 15.9 Å². The molecule has 0 aliphatic rings. The van der Waals surface area contributed by atoms with E-state index in [1.807, 2.05) is 11.4 Å². The molecule has 0 aliphatic heterocycles. The summed E-state index contributed by atoms with van der Waals surface area (Å²) in [4.78, 5) is 0. The molecule has 84 valence electrons. The van der Waals surface area contributed by atoms with Crippen molar-refractivity contribution in [2.45, 2.75) is 5.38 Å². The zero-order chi connectivity index (χ0) is 11.7. The van der Waals surface area contributed by atoms with Crippen molar-refractivity contribution in [2.24, 2.45) is 0 Å². The number of rotatable bonds is 2. The summed E-state index contributed by atoms with van der Waals surface area (Å²) in [5.74, 6) is -1.74. The first-order valence-corrected chi connectivity index (χ1v) is 6.52. The fraction of sp³-hybridized carbons (Fsp3) is 0.0909. The average Bonchev–Trinajstić information content (AvgIpc) is 2.68. The van der Waals surface area contributed by atoms with Crippen molar-refractivity contribution in [1.82, 2.24) is 0 Å². The number of hydrogen-bond acceptors (Lipinski definition) is 1. The largest absolute Gasteiger partial charge is 0.204 e. The molecule has 0 radical (unpaired) electrons. The van der Waals surface area contributed by atoms with Crippen LogP contribution in [0.15, 0.2) is 33.4 Å². The molecule has 0 saturated heterocycles. The van der Waals surface area contributed by atoms with E-state index in [-0.39, 0.29) is 0 Å². The van der Waals surface area contributed by atoms with Gasteiger partial charge in [0.1, 0.15) is 0 Å². The molecule has 0 amide bonds. The third-order valence-corrected chi connectivity index (χ3v) is 4.14. The Hall–Kier alpha value is -0.450. The third-order valence-electron chi connectivity index (χ3n) is 2.12. The van der Waals surface area contributed by atoms with Gasteiger partial charge >= 0.3 is 0 Å². The summed E-state index contributed by atoms with van der Waals surface area (Å²) in [6.07, 6.45) is 0. The van der Waals surface area contributed by atoms with Gasteiger partial charge in [0.2, 0.25) is 0 Å². The Morgan fingerprint density at radius 3 is 2.44 bits per heavy atom. The van der Waals surface area contributed by atoms with E-state index in [0.29, 0.717) is 5.56 Å². The molecule has 16 heavy (non-hydrogen) atoms. The summed E-state index contributed by atoms with van der Waals surface area (Å²) in [5.41, 5.74) is 1.41. The monoisotopic (exact) mass is 322 g/mol. The normalized spacial score (nSPS) is 12.8. The van der Waals surface area contributed by atoms with Crippen molar-refractivity contribution in [3.8, 4) is 0 Å². The van der Waals surface area contributed by atoms with E-state index in [9.17, 15) is 8.78 Å². The Kier molecular flexibility index (Phi) is 3.62. The molecule has 1 atom stereocenters. The Labute approximate surface area is 109 Å². The van der Waals surface area contributed by atoms with Gasteiger partial charge in [0.05, 0.1) is 9.16 Å². The molecule has 0 fully saturated rings. The van der Waals surface area contributed by atoms with Crippen LogP contribution < -0.4 is 0 Å². The summed E-state index contributed by atoms with van der Waals surface area (Å²) in [5, 5.41) is 1.42. The molecular formula is C11H6BrClF2S. The van der Waals surface area contributed by atoms with E-state index >= 15 is 0 Å². The minimum absolute atomic E-state index is 0.461. The molecule has 0 nitrogen and oxygen atoms in total. The molecule has 1 unspecified atom stereocenters. The highest BCUT2D eigenvalue weighted by atomic mass is 79.9. The van der Waals surface area contributed by atoms with Gasteiger partial charge in [-0.05, 0) is 50.6 Å². The number of hydrogen-bond donors (Lipinski definition) is 0. The average molecular weight is 324 g/mol. The topological polar surface area (TPSA) is 0 Å². The smallest absolute Gasteiger partial charge is 0.159 e. The first kappa shape index (κ1) is 12.0. The van der Waals surface area contributed by atoms with Crippen molar-refractivity contribution >= 4 is 38.9 Å². The van der Waals surface area contributed by atoms with Crippen molar-refractivity contribution in [1.29, 1.82) is 0 Å². The van der Waals surface area contributed by atoms with Crippen LogP contribution in [-0.2, 0) is 0 Å². The minimum atomic E-state index is -0.877. The standard InChI is InChI=1S/C11H6BrClF2S/c12-10-4-7(5-16-10)11(13)6-1-2-8(14)9(15)3-6/h1-5,11H. The lowest BCUT2D eigenvalue weighted by atomic mass is 10.1. The number of alkyl halides is 1. The molecule has 2 aromatic rings. The lowest BCUT2D eigenvalue weighted by molar-refractivity contribution is 0.507. The molecule has 1 heterocycles. The van der Waals surface area contributed by atoms with Crippen LogP contribution in [-0.4, -0.2) is 0 Å². The SMILES string of the molecule is Fc1ccc(C(Cl)c2csc(Br)c2)cc1F. The first-order chi connectivity index (χ1) is 7.58. The molecule has 0 spiro atoms. The number of halogens is 4. The second-order valence-corrected chi connectivity index (χ2v) is 5.95. The number of benzene rings is 1. The first-order valence-electron chi connectivity index (χ1n) is 4.41. The Morgan fingerprint density at radius 1 is 1.12 bits per heavy atom. The Balaban J connectivity index is 2.33. The summed E-state index contributed by atoms with van der Waals surface area (Å²) >= 11 is 11.0. The van der Waals surface area contributed by atoms with E-state index in [4.69, 9.17) is 11.6 Å². The van der Waals surface area contributed by atoms with Crippen LogP contribution >= 0.6 is 38.9 Å². The predicted molar refractivity (Wildman–Crippen MR) is 66.1 cm³/mol. The van der Waals surface area contributed by atoms with Gasteiger partial charge in [0.15, 0.2) is 11.6 Å². The molecule has 0 bridgehead atoms. The van der Waals surface area contributed by atoms with Gasteiger partial charge in [-0.25, -0.2) is 8.78 Å². The maximum Gasteiger partial charge on any atom is 0.159 e. The van der Waals surface area contributed by atoms with Gasteiger partial charge in [-0.3, -0.25) is 0 Å². The van der Waals surface area contributed by atoms with Gasteiger partial charge < -0.3 is 0 Å². The fourth-order valence-electron chi connectivity index (χ4n) is 1.32. The van der Waals surface area contributed by atoms with Gasteiger partial charge in [-0.2, -0.15) is 0 Å². The lowest BCUT2D eigenvalue weighted by Crippen LogP contribution is -1.94. The lowest BCUT2D eigenvalue weighted by Gasteiger charge is -2.08. The van der Waals surface area contributed by atoms with Crippen LogP contribution in [0, 0.1) is 11.6 Å².